The number of ether oxygens (including phenoxy) is 2. The van der Waals surface area contributed by atoms with Crippen LogP contribution in [-0.4, -0.2) is 34.8 Å². The number of carbonyl (C=O) groups excluding carboxylic acids is 2. The molecule has 2 aromatic carbocycles. The van der Waals surface area contributed by atoms with E-state index >= 15 is 0 Å². The van der Waals surface area contributed by atoms with Gasteiger partial charge in [-0.3, -0.25) is 0 Å². The number of nitrogens with one attached hydrogen (secondary N) is 1. The molecule has 0 unspecified atom stereocenters. The zero-order valence-corrected chi connectivity index (χ0v) is 16.4. The summed E-state index contributed by atoms with van der Waals surface area (Å²) in [5, 5.41) is 2.56. The van der Waals surface area contributed by atoms with Gasteiger partial charge in [0.2, 0.25) is 0 Å². The number of alkyl carbamates (subject to hydrolysis) is 1. The van der Waals surface area contributed by atoms with Crippen molar-refractivity contribution in [1.82, 2.24) is 14.9 Å². The molecular weight excluding hydrogens is 370 g/mol. The Labute approximate surface area is 169 Å². The Morgan fingerprint density at radius 1 is 1.10 bits per heavy atom. The first-order valence-corrected chi connectivity index (χ1v) is 9.20. The van der Waals surface area contributed by atoms with E-state index in [1.807, 2.05) is 72.3 Å². The van der Waals surface area contributed by atoms with Crippen LogP contribution in [0.25, 0.3) is 5.69 Å². The largest absolute Gasteiger partial charge is 0.467 e. The molecule has 0 saturated carbocycles. The number of imidazole rings is 1. The summed E-state index contributed by atoms with van der Waals surface area (Å²) in [4.78, 5) is 28.6. The van der Waals surface area contributed by atoms with E-state index in [0.717, 1.165) is 16.8 Å². The molecule has 7 nitrogen and oxygen atoms in total. The summed E-state index contributed by atoms with van der Waals surface area (Å²) in [6.07, 6.45) is 2.98. The van der Waals surface area contributed by atoms with Crippen LogP contribution in [0.15, 0.2) is 67.1 Å². The van der Waals surface area contributed by atoms with Gasteiger partial charge in [-0.05, 0) is 24.6 Å². The number of hydrogen-bond donors (Lipinski definition) is 1. The molecular formula is C22H23N3O4. The van der Waals surface area contributed by atoms with Crippen molar-refractivity contribution < 1.29 is 19.1 Å². The van der Waals surface area contributed by atoms with Crippen molar-refractivity contribution in [2.24, 2.45) is 0 Å². The number of aryl methyl sites for hydroxylation is 1. The summed E-state index contributed by atoms with van der Waals surface area (Å²) in [7, 11) is 1.28. The van der Waals surface area contributed by atoms with E-state index < -0.39 is 18.1 Å². The van der Waals surface area contributed by atoms with Crippen LogP contribution >= 0.6 is 0 Å². The Bertz CT molecular complexity index is 952. The van der Waals surface area contributed by atoms with Gasteiger partial charge in [0.05, 0.1) is 19.1 Å². The number of hydrogen-bond acceptors (Lipinski definition) is 5. The van der Waals surface area contributed by atoms with E-state index in [4.69, 9.17) is 9.47 Å². The molecule has 0 radical (unpaired) electrons. The van der Waals surface area contributed by atoms with Crippen LogP contribution in [0.3, 0.4) is 0 Å². The fourth-order valence-corrected chi connectivity index (χ4v) is 2.78. The monoisotopic (exact) mass is 393 g/mol. The quantitative estimate of drug-likeness (QED) is 0.624. The fourth-order valence-electron chi connectivity index (χ4n) is 2.78. The van der Waals surface area contributed by atoms with Gasteiger partial charge in [-0.15, -0.1) is 0 Å². The maximum Gasteiger partial charge on any atom is 0.408 e. The van der Waals surface area contributed by atoms with E-state index in [1.54, 1.807) is 6.33 Å². The predicted octanol–water partition coefficient (Wildman–Crippen LogP) is 3.19. The molecule has 0 saturated heterocycles. The lowest BCUT2D eigenvalue weighted by Gasteiger charge is -2.15. The van der Waals surface area contributed by atoms with E-state index in [-0.39, 0.29) is 13.0 Å². The number of aromatic nitrogens is 2. The average Bonchev–Trinajstić information content (AvgIpc) is 3.21. The first-order valence-electron chi connectivity index (χ1n) is 9.20. The minimum Gasteiger partial charge on any atom is -0.467 e. The molecule has 0 aliphatic rings. The summed E-state index contributed by atoms with van der Waals surface area (Å²) in [5.74, 6) is -0.563. The summed E-state index contributed by atoms with van der Waals surface area (Å²) in [6, 6.07) is 16.4. The molecule has 29 heavy (non-hydrogen) atoms. The predicted molar refractivity (Wildman–Crippen MR) is 108 cm³/mol. The van der Waals surface area contributed by atoms with Gasteiger partial charge < -0.3 is 19.4 Å². The Kier molecular flexibility index (Phi) is 6.63. The molecule has 0 aliphatic heterocycles. The van der Waals surface area contributed by atoms with Crippen LogP contribution in [0.2, 0.25) is 0 Å². The topological polar surface area (TPSA) is 82.5 Å². The first-order chi connectivity index (χ1) is 14.0. The molecule has 0 spiro atoms. The van der Waals surface area contributed by atoms with E-state index in [9.17, 15) is 9.59 Å². The average molecular weight is 393 g/mol. The smallest absolute Gasteiger partial charge is 0.408 e. The third-order valence-electron chi connectivity index (χ3n) is 4.37. The van der Waals surface area contributed by atoms with Gasteiger partial charge in [-0.1, -0.05) is 48.0 Å². The zero-order valence-electron chi connectivity index (χ0n) is 16.4. The standard InChI is InChI=1S/C22H23N3O4/c1-16-8-10-19(11-9-16)25-13-18(23-15-25)12-20(21(26)28-2)24-22(27)29-14-17-6-4-3-5-7-17/h3-11,13,15,20H,12,14H2,1-2H3,(H,24,27)/t20-/m0/s1. The van der Waals surface area contributed by atoms with Gasteiger partial charge in [-0.2, -0.15) is 0 Å². The molecule has 1 aromatic heterocycles. The lowest BCUT2D eigenvalue weighted by molar-refractivity contribution is -0.143. The van der Waals surface area contributed by atoms with Gasteiger partial charge in [0.25, 0.3) is 0 Å². The van der Waals surface area contributed by atoms with E-state index in [2.05, 4.69) is 10.3 Å². The van der Waals surface area contributed by atoms with Crippen molar-refractivity contribution in [3.05, 3.63) is 83.9 Å². The zero-order chi connectivity index (χ0) is 20.6. The van der Waals surface area contributed by atoms with Crippen molar-refractivity contribution in [2.45, 2.75) is 26.0 Å². The van der Waals surface area contributed by atoms with Gasteiger partial charge >= 0.3 is 12.1 Å². The number of methoxy groups -OCH3 is 1. The van der Waals surface area contributed by atoms with Crippen LogP contribution in [0.5, 0.6) is 0 Å². The highest BCUT2D eigenvalue weighted by Gasteiger charge is 2.24. The summed E-state index contributed by atoms with van der Waals surface area (Å²) in [6.45, 7) is 2.13. The molecule has 1 amide bonds. The normalized spacial score (nSPS) is 11.5. The number of nitrogens with zero attached hydrogens (tertiary/aromatic N) is 2. The minimum atomic E-state index is -0.898. The van der Waals surface area contributed by atoms with Crippen LogP contribution < -0.4 is 5.32 Å². The van der Waals surface area contributed by atoms with Crippen molar-refractivity contribution >= 4 is 12.1 Å². The highest BCUT2D eigenvalue weighted by Crippen LogP contribution is 2.12. The highest BCUT2D eigenvalue weighted by molar-refractivity contribution is 5.81. The molecule has 0 bridgehead atoms. The number of carbonyl (C=O) groups is 2. The molecule has 0 aliphatic carbocycles. The molecule has 3 rings (SSSR count). The molecule has 150 valence electrons. The van der Waals surface area contributed by atoms with Crippen molar-refractivity contribution in [3.63, 3.8) is 0 Å². The maximum absolute atomic E-state index is 12.1. The second kappa shape index (κ2) is 9.54. The number of rotatable bonds is 7. The Hall–Kier alpha value is -3.61. The molecule has 7 heteroatoms. The Morgan fingerprint density at radius 2 is 1.83 bits per heavy atom. The van der Waals surface area contributed by atoms with Crippen LogP contribution in [0, 0.1) is 6.92 Å². The fraction of sp³-hybridized carbons (Fsp3) is 0.227. The molecule has 1 N–H and O–H groups in total. The second-order valence-corrected chi connectivity index (χ2v) is 6.59. The van der Waals surface area contributed by atoms with Crippen LogP contribution in [0.4, 0.5) is 4.79 Å². The first kappa shape index (κ1) is 20.1. The molecule has 0 fully saturated rings. The third-order valence-corrected chi connectivity index (χ3v) is 4.37. The number of benzene rings is 2. The Morgan fingerprint density at radius 3 is 2.52 bits per heavy atom. The van der Waals surface area contributed by atoms with Crippen molar-refractivity contribution in [2.75, 3.05) is 7.11 Å². The van der Waals surface area contributed by atoms with Gasteiger partial charge in [0.15, 0.2) is 0 Å². The van der Waals surface area contributed by atoms with Gasteiger partial charge in [-0.25, -0.2) is 14.6 Å². The van der Waals surface area contributed by atoms with Crippen LogP contribution in [-0.2, 0) is 27.3 Å². The highest BCUT2D eigenvalue weighted by atomic mass is 16.6. The SMILES string of the molecule is COC(=O)[C@H](Cc1cn(-c2ccc(C)cc2)cn1)NC(=O)OCc1ccccc1. The second-order valence-electron chi connectivity index (χ2n) is 6.59. The third kappa shape index (κ3) is 5.68. The van der Waals surface area contributed by atoms with Gasteiger partial charge in [0.1, 0.15) is 12.6 Å². The van der Waals surface area contributed by atoms with Crippen molar-refractivity contribution in [1.29, 1.82) is 0 Å². The number of amides is 1. The lowest BCUT2D eigenvalue weighted by Crippen LogP contribution is -2.43. The summed E-state index contributed by atoms with van der Waals surface area (Å²) in [5.41, 5.74) is 3.62. The van der Waals surface area contributed by atoms with Gasteiger partial charge in [0, 0.05) is 18.3 Å². The molecule has 3 aromatic rings. The van der Waals surface area contributed by atoms with Crippen LogP contribution in [0.1, 0.15) is 16.8 Å². The molecule has 1 heterocycles. The van der Waals surface area contributed by atoms with Crippen molar-refractivity contribution in [3.8, 4) is 5.69 Å². The molecule has 1 atom stereocenters. The maximum atomic E-state index is 12.1. The Balaban J connectivity index is 1.62. The summed E-state index contributed by atoms with van der Waals surface area (Å²) < 4.78 is 11.9. The van der Waals surface area contributed by atoms with E-state index in [1.165, 1.54) is 7.11 Å². The number of esters is 1. The minimum absolute atomic E-state index is 0.114. The van der Waals surface area contributed by atoms with E-state index in [0.29, 0.717) is 5.69 Å². The summed E-state index contributed by atoms with van der Waals surface area (Å²) >= 11 is 0. The lowest BCUT2D eigenvalue weighted by atomic mass is 10.1.